The van der Waals surface area contributed by atoms with Gasteiger partial charge in [-0.05, 0) is 188 Å². The highest BCUT2D eigenvalue weighted by atomic mass is 35.5. The van der Waals surface area contributed by atoms with Crippen molar-refractivity contribution in [2.75, 3.05) is 43.4 Å². The maximum atomic E-state index is 13.6. The molecule has 0 spiro atoms. The molecule has 117 heavy (non-hydrogen) atoms. The molecule has 1 fully saturated rings. The molecule has 1 saturated heterocycles. The first-order valence-electron chi connectivity index (χ1n) is 36.6. The van der Waals surface area contributed by atoms with Crippen molar-refractivity contribution >= 4 is 160 Å². The average Bonchev–Trinajstić information content (AvgIpc) is 1.61. The highest BCUT2D eigenvalue weighted by Crippen LogP contribution is 2.42. The molecule has 2 atom stereocenters. The SMILES string of the molecule is CC(C)(C)OC(=O)N1CCN(NC(=O)c2nn(-c3ccc(Cl)cc3Cl)c3c2CSC/C3=C\c2ccc(F)cc2)CC1.C[C@@H](NC(=O)c1nn(-c2ccc(Cl)cc2Cl)c2c1CS(=O)(=O)C/C2=C\c1ccc(F)cc1)c1ccccc1.C[C@H](NC(=O)c1nn(-c2ccc(Cl)cc2Cl)c2c1CS(=O)(=O)C/C2=C\c1ccc(F)cc1)c1ccccc1. The number of rotatable bonds is 14. The monoisotopic (exact) mass is 1760 g/mol. The molecule has 0 saturated carbocycles. The summed E-state index contributed by atoms with van der Waals surface area (Å²) in [6, 6.07) is 50.5. The quantitative estimate of drug-likeness (QED) is 0.0917. The predicted molar refractivity (Wildman–Crippen MR) is 456 cm³/mol. The molecule has 0 radical (unpaired) electrons. The lowest BCUT2D eigenvalue weighted by molar-refractivity contribution is 0.00965. The van der Waals surface area contributed by atoms with E-state index in [0.29, 0.717) is 108 Å². The Morgan fingerprint density at radius 3 is 1.16 bits per heavy atom. The normalized spacial score (nSPS) is 16.4. The van der Waals surface area contributed by atoms with Gasteiger partial charge in [0.15, 0.2) is 36.8 Å². The van der Waals surface area contributed by atoms with E-state index in [-0.39, 0.29) is 91.2 Å². The number of nitrogens with zero attached hydrogens (tertiary/aromatic N) is 8. The summed E-state index contributed by atoms with van der Waals surface area (Å²) in [4.78, 5) is 54.7. The highest BCUT2D eigenvalue weighted by Gasteiger charge is 2.39. The fraction of sp³-hybridized carbons (Fsp3) is 0.212. The Morgan fingerprint density at radius 2 is 0.803 bits per heavy atom. The van der Waals surface area contributed by atoms with Gasteiger partial charge >= 0.3 is 6.09 Å². The second-order valence-corrected chi connectivity index (χ2v) is 36.5. The molecule has 7 heterocycles. The molecule has 32 heteroatoms. The number of piperazine rings is 1. The standard InChI is InChI=1S/C29H30Cl2FN5O3S.2C28H22Cl2FN3O3S/c1-29(2,3)40-28(39)35-10-12-36(13-11-35)34-27(38)25-22-17-41-16-19(14-18-4-7-21(32)8-5-18)26(22)37(33-25)24-9-6-20(30)15-23(24)31;2*1-17(19-5-3-2-4-6-19)32-28(35)26-23-16-38(36,37)15-20(13-18-7-10-22(31)11-8-18)27(23)34(33-26)25-12-9-21(29)14-24(25)30/h4-9,14-15H,10-13,16-17H2,1-3H3,(H,34,38);2*2-14,17H,15-16H2,1H3,(H,32,35)/b19-14+;2*20-13+/t;2*17-/m.10/s1. The molecule has 20 nitrogen and oxygen atoms in total. The van der Waals surface area contributed by atoms with Gasteiger partial charge < -0.3 is 20.3 Å². The smallest absolute Gasteiger partial charge is 0.410 e. The fourth-order valence-corrected chi connectivity index (χ4v) is 19.1. The number of thioether (sulfide) groups is 1. The van der Waals surface area contributed by atoms with Crippen molar-refractivity contribution in [2.24, 2.45) is 0 Å². The van der Waals surface area contributed by atoms with Crippen molar-refractivity contribution in [2.45, 2.75) is 69.6 Å². The third kappa shape index (κ3) is 20.6. The Hall–Kier alpha value is -9.97. The van der Waals surface area contributed by atoms with Crippen molar-refractivity contribution in [3.05, 3.63) is 314 Å². The van der Waals surface area contributed by atoms with Crippen LogP contribution < -0.4 is 16.1 Å². The van der Waals surface area contributed by atoms with Crippen molar-refractivity contribution in [1.29, 1.82) is 0 Å². The summed E-state index contributed by atoms with van der Waals surface area (Å²) in [5.74, 6) is -2.54. The molecule has 3 N–H and O–H groups in total. The minimum absolute atomic E-state index is 0.0120. The first-order valence-corrected chi connectivity index (χ1v) is 43.6. The minimum Gasteiger partial charge on any atom is -0.444 e. The van der Waals surface area contributed by atoms with Gasteiger partial charge in [0.25, 0.3) is 17.7 Å². The Labute approximate surface area is 708 Å². The molecule has 4 aliphatic heterocycles. The van der Waals surface area contributed by atoms with Crippen LogP contribution in [0.2, 0.25) is 30.1 Å². The lowest BCUT2D eigenvalue weighted by Crippen LogP contribution is -2.55. The number of aromatic nitrogens is 6. The number of fused-ring (bicyclic) bond motifs is 3. The second kappa shape index (κ2) is 36.1. The van der Waals surface area contributed by atoms with E-state index in [9.17, 15) is 49.2 Å². The number of ether oxygens (including phenoxy) is 1. The van der Waals surface area contributed by atoms with Gasteiger partial charge in [-0.1, -0.05) is 167 Å². The zero-order valence-electron chi connectivity index (χ0n) is 63.2. The van der Waals surface area contributed by atoms with Gasteiger partial charge in [0.1, 0.15) is 23.1 Å². The summed E-state index contributed by atoms with van der Waals surface area (Å²) in [6.45, 7) is 10.9. The van der Waals surface area contributed by atoms with E-state index in [1.54, 1.807) is 130 Å². The van der Waals surface area contributed by atoms with Crippen molar-refractivity contribution < 1.29 is 53.9 Å². The van der Waals surface area contributed by atoms with Crippen LogP contribution in [-0.4, -0.2) is 129 Å². The number of carbonyl (C=O) groups excluding carboxylic acids is 4. The van der Waals surface area contributed by atoms with Crippen LogP contribution in [0.5, 0.6) is 0 Å². The van der Waals surface area contributed by atoms with Crippen LogP contribution in [0.1, 0.15) is 140 Å². The number of sulfone groups is 2. The number of nitrogens with one attached hydrogen (secondary N) is 3. The van der Waals surface area contributed by atoms with E-state index in [1.807, 2.05) is 101 Å². The Balaban J connectivity index is 0.000000153. The number of carbonyl (C=O) groups is 4. The lowest BCUT2D eigenvalue weighted by Gasteiger charge is -2.35. The molecule has 604 valence electrons. The number of hydrogen-bond acceptors (Lipinski definition) is 14. The van der Waals surface area contributed by atoms with Gasteiger partial charge in [-0.25, -0.2) is 53.9 Å². The van der Waals surface area contributed by atoms with Crippen LogP contribution in [0.4, 0.5) is 18.0 Å². The maximum absolute atomic E-state index is 13.6. The topological polar surface area (TPSA) is 242 Å². The number of hydrogen-bond donors (Lipinski definition) is 3. The van der Waals surface area contributed by atoms with E-state index in [4.69, 9.17) is 79.4 Å². The van der Waals surface area contributed by atoms with Crippen molar-refractivity contribution in [3.8, 4) is 17.1 Å². The Morgan fingerprint density at radius 1 is 0.453 bits per heavy atom. The summed E-state index contributed by atoms with van der Waals surface area (Å²) in [5, 5.41) is 23.8. The van der Waals surface area contributed by atoms with Crippen LogP contribution in [0.3, 0.4) is 0 Å². The first kappa shape index (κ1) is 84.9. The highest BCUT2D eigenvalue weighted by molar-refractivity contribution is 7.99. The zero-order valence-corrected chi connectivity index (χ0v) is 70.2. The number of halogens is 9. The van der Waals surface area contributed by atoms with E-state index in [1.165, 1.54) is 45.8 Å². The fourth-order valence-electron chi connectivity index (χ4n) is 13.6. The molecular formula is C85H74Cl6F3N11O9S3. The number of benzene rings is 8. The van der Waals surface area contributed by atoms with Crippen molar-refractivity contribution in [3.63, 3.8) is 0 Å². The van der Waals surface area contributed by atoms with Gasteiger partial charge in [-0.3, -0.25) is 19.8 Å². The lowest BCUT2D eigenvalue weighted by atomic mass is 10.0. The molecule has 0 bridgehead atoms. The van der Waals surface area contributed by atoms with Crippen LogP contribution in [0.15, 0.2) is 188 Å². The van der Waals surface area contributed by atoms with Crippen LogP contribution >= 0.6 is 81.4 Å². The second-order valence-electron chi connectivity index (χ2n) is 28.9. The molecule has 8 aromatic carbocycles. The summed E-state index contributed by atoms with van der Waals surface area (Å²) in [6.07, 6.45) is 4.93. The van der Waals surface area contributed by atoms with Crippen LogP contribution in [0.25, 0.3) is 52.0 Å². The minimum atomic E-state index is -3.63. The summed E-state index contributed by atoms with van der Waals surface area (Å²) >= 11 is 39.7. The average molecular weight is 1760 g/mol. The van der Waals surface area contributed by atoms with E-state index in [0.717, 1.165) is 33.5 Å². The maximum Gasteiger partial charge on any atom is 0.410 e. The summed E-state index contributed by atoms with van der Waals surface area (Å²) < 4.78 is 103. The van der Waals surface area contributed by atoms with Crippen LogP contribution in [0, 0.1) is 17.5 Å². The third-order valence-corrected chi connectivity index (χ3v) is 24.6. The van der Waals surface area contributed by atoms with Gasteiger partial charge in [0.05, 0.1) is 84.3 Å². The summed E-state index contributed by atoms with van der Waals surface area (Å²) in [5.41, 5.74) is 12.7. The zero-order chi connectivity index (χ0) is 83.4. The number of amides is 4. The van der Waals surface area contributed by atoms with E-state index < -0.39 is 48.7 Å². The third-order valence-electron chi connectivity index (χ3n) is 19.0. The predicted octanol–water partition coefficient (Wildman–Crippen LogP) is 18.9. The molecular weight excluding hydrogens is 1680 g/mol. The molecule has 0 unspecified atom stereocenters. The first-order chi connectivity index (χ1) is 55.7. The van der Waals surface area contributed by atoms with E-state index in [2.05, 4.69) is 26.3 Å². The molecule has 15 rings (SSSR count). The Bertz CT molecular complexity index is 5730. The molecule has 0 aliphatic carbocycles. The summed E-state index contributed by atoms with van der Waals surface area (Å²) in [7, 11) is -7.25. The van der Waals surface area contributed by atoms with Gasteiger partial charge in [0, 0.05) is 69.4 Å². The van der Waals surface area contributed by atoms with Gasteiger partial charge in [-0.15, -0.1) is 0 Å². The van der Waals surface area contributed by atoms with E-state index >= 15 is 0 Å². The van der Waals surface area contributed by atoms with Crippen molar-refractivity contribution in [1.82, 2.24) is 55.3 Å². The Kier molecular flexibility index (Phi) is 26.2. The van der Waals surface area contributed by atoms with Crippen LogP contribution in [-0.2, 0) is 41.7 Å². The molecule has 4 aliphatic rings. The van der Waals surface area contributed by atoms with Gasteiger partial charge in [0.2, 0.25) is 0 Å². The molecule has 4 amide bonds. The molecule has 11 aromatic rings. The largest absolute Gasteiger partial charge is 0.444 e. The number of hydrazine groups is 1. The molecule has 3 aromatic heterocycles. The van der Waals surface area contributed by atoms with Gasteiger partial charge in [-0.2, -0.15) is 27.1 Å².